The quantitative estimate of drug-likeness (QED) is 0.712. The van der Waals surface area contributed by atoms with Crippen molar-refractivity contribution in [1.82, 2.24) is 9.78 Å². The van der Waals surface area contributed by atoms with E-state index < -0.39 is 0 Å². The number of carbonyl (C=O) groups excluding carboxylic acids is 1. The lowest BCUT2D eigenvalue weighted by Gasteiger charge is -1.99. The summed E-state index contributed by atoms with van der Waals surface area (Å²) in [6.07, 6.45) is 0. The smallest absolute Gasteiger partial charge is 0.337 e. The van der Waals surface area contributed by atoms with Crippen LogP contribution in [0.25, 0.3) is 10.9 Å². The maximum atomic E-state index is 11.3. The van der Waals surface area contributed by atoms with Crippen molar-refractivity contribution < 1.29 is 9.53 Å². The van der Waals surface area contributed by atoms with Gasteiger partial charge in [0.05, 0.1) is 23.9 Å². The van der Waals surface area contributed by atoms with Gasteiger partial charge in [0.25, 0.3) is 0 Å². The molecule has 0 bridgehead atoms. The third-order valence-corrected chi connectivity index (χ3v) is 2.46. The summed E-state index contributed by atoms with van der Waals surface area (Å²) in [4.78, 5) is 11.3. The normalized spacial score (nSPS) is 9.71. The van der Waals surface area contributed by atoms with Crippen molar-refractivity contribution in [3.63, 3.8) is 0 Å². The van der Waals surface area contributed by atoms with E-state index in [1.165, 1.54) is 7.11 Å². The Morgan fingerprint density at radius 1 is 1.35 bits per heavy atom. The van der Waals surface area contributed by atoms with Crippen LogP contribution in [0.15, 0.2) is 18.2 Å². The number of ether oxygens (including phenoxy) is 1. The second-order valence-electron chi connectivity index (χ2n) is 3.43. The van der Waals surface area contributed by atoms with Gasteiger partial charge in [0.15, 0.2) is 0 Å². The zero-order valence-electron chi connectivity index (χ0n) is 10.9. The summed E-state index contributed by atoms with van der Waals surface area (Å²) in [6, 6.07) is 5.44. The summed E-state index contributed by atoms with van der Waals surface area (Å²) in [5.41, 5.74) is 2.45. The Morgan fingerprint density at radius 2 is 2.00 bits per heavy atom. The monoisotopic (exact) mass is 234 g/mol. The molecule has 92 valence electrons. The van der Waals surface area contributed by atoms with Crippen LogP contribution < -0.4 is 0 Å². The molecule has 0 aliphatic rings. The Morgan fingerprint density at radius 3 is 2.59 bits per heavy atom. The van der Waals surface area contributed by atoms with Gasteiger partial charge in [-0.2, -0.15) is 5.10 Å². The maximum Gasteiger partial charge on any atom is 0.337 e. The second-order valence-corrected chi connectivity index (χ2v) is 3.43. The van der Waals surface area contributed by atoms with Gasteiger partial charge in [-0.25, -0.2) is 4.79 Å². The second kappa shape index (κ2) is 5.48. The van der Waals surface area contributed by atoms with Crippen LogP contribution in [0.1, 0.15) is 29.9 Å². The molecule has 1 aromatic heterocycles. The van der Waals surface area contributed by atoms with Crippen molar-refractivity contribution in [3.8, 4) is 0 Å². The number of aromatic nitrogens is 2. The van der Waals surface area contributed by atoms with E-state index in [2.05, 4.69) is 9.84 Å². The molecule has 0 aliphatic heterocycles. The lowest BCUT2D eigenvalue weighted by Crippen LogP contribution is -2.01. The highest BCUT2D eigenvalue weighted by molar-refractivity contribution is 5.94. The highest BCUT2D eigenvalue weighted by Crippen LogP contribution is 2.19. The van der Waals surface area contributed by atoms with E-state index in [9.17, 15) is 4.79 Å². The summed E-state index contributed by atoms with van der Waals surface area (Å²) in [7, 11) is 3.23. The van der Waals surface area contributed by atoms with Crippen LogP contribution >= 0.6 is 0 Å². The molecule has 0 atom stereocenters. The van der Waals surface area contributed by atoms with E-state index in [0.29, 0.717) is 5.56 Å². The molecular formula is C13H18N2O2. The average Bonchev–Trinajstić information content (AvgIpc) is 2.66. The van der Waals surface area contributed by atoms with Crippen LogP contribution in [0.3, 0.4) is 0 Å². The van der Waals surface area contributed by atoms with E-state index >= 15 is 0 Å². The Balaban J connectivity index is 0.000000686. The molecule has 17 heavy (non-hydrogen) atoms. The summed E-state index contributed by atoms with van der Waals surface area (Å²) >= 11 is 0. The third kappa shape index (κ3) is 2.46. The number of hydrogen-bond donors (Lipinski definition) is 0. The van der Waals surface area contributed by atoms with E-state index in [4.69, 9.17) is 0 Å². The van der Waals surface area contributed by atoms with Crippen molar-refractivity contribution in [2.24, 2.45) is 7.05 Å². The number of fused-ring (bicyclic) bond motifs is 1. The summed E-state index contributed by atoms with van der Waals surface area (Å²) in [6.45, 7) is 5.94. The fraction of sp³-hybridized carbons (Fsp3) is 0.385. The number of methoxy groups -OCH3 is 1. The van der Waals surface area contributed by atoms with Gasteiger partial charge in [-0.1, -0.05) is 19.9 Å². The predicted molar refractivity (Wildman–Crippen MR) is 68.1 cm³/mol. The average molecular weight is 234 g/mol. The largest absolute Gasteiger partial charge is 0.465 e. The summed E-state index contributed by atoms with van der Waals surface area (Å²) in [5, 5.41) is 5.34. The number of esters is 1. The molecule has 0 amide bonds. The van der Waals surface area contributed by atoms with Crippen LogP contribution in [0.2, 0.25) is 0 Å². The molecular weight excluding hydrogens is 216 g/mol. The van der Waals surface area contributed by atoms with E-state index in [0.717, 1.165) is 16.6 Å². The molecule has 0 spiro atoms. The van der Waals surface area contributed by atoms with Gasteiger partial charge >= 0.3 is 5.97 Å². The van der Waals surface area contributed by atoms with Crippen LogP contribution in [0.4, 0.5) is 0 Å². The van der Waals surface area contributed by atoms with Crippen LogP contribution in [0.5, 0.6) is 0 Å². The van der Waals surface area contributed by atoms with Crippen LogP contribution in [-0.2, 0) is 11.8 Å². The third-order valence-electron chi connectivity index (χ3n) is 2.46. The molecule has 2 aromatic rings. The predicted octanol–water partition coefficient (Wildman–Crippen LogP) is 2.69. The van der Waals surface area contributed by atoms with Crippen molar-refractivity contribution in [3.05, 3.63) is 29.5 Å². The van der Waals surface area contributed by atoms with Crippen molar-refractivity contribution in [2.75, 3.05) is 7.11 Å². The van der Waals surface area contributed by atoms with Crippen LogP contribution in [-0.4, -0.2) is 22.9 Å². The number of rotatable bonds is 1. The molecule has 0 unspecified atom stereocenters. The SMILES string of the molecule is CC.COC(=O)c1ccc2c(C)nn(C)c2c1. The van der Waals surface area contributed by atoms with Gasteiger partial charge in [-0.3, -0.25) is 4.68 Å². The molecule has 1 heterocycles. The van der Waals surface area contributed by atoms with Gasteiger partial charge in [0, 0.05) is 12.4 Å². The standard InChI is InChI=1S/C11H12N2O2.C2H6/c1-7-9-5-4-8(11(14)15-3)6-10(9)13(2)12-7;1-2/h4-6H,1-3H3;1-2H3. The Labute approximate surface area is 101 Å². The molecule has 4 heteroatoms. The first-order valence-corrected chi connectivity index (χ1v) is 5.65. The molecule has 0 aliphatic carbocycles. The van der Waals surface area contributed by atoms with Gasteiger partial charge < -0.3 is 4.74 Å². The molecule has 0 saturated carbocycles. The fourth-order valence-electron chi connectivity index (χ4n) is 1.68. The Hall–Kier alpha value is -1.84. The summed E-state index contributed by atoms with van der Waals surface area (Å²) < 4.78 is 6.42. The number of benzene rings is 1. The summed E-state index contributed by atoms with van der Waals surface area (Å²) in [5.74, 6) is -0.323. The minimum absolute atomic E-state index is 0.323. The van der Waals surface area contributed by atoms with E-state index in [1.807, 2.05) is 33.9 Å². The van der Waals surface area contributed by atoms with E-state index in [1.54, 1.807) is 16.8 Å². The van der Waals surface area contributed by atoms with Gasteiger partial charge in [-0.05, 0) is 19.1 Å². The first kappa shape index (κ1) is 13.2. The van der Waals surface area contributed by atoms with Gasteiger partial charge in [0.2, 0.25) is 0 Å². The lowest BCUT2D eigenvalue weighted by molar-refractivity contribution is 0.0601. The van der Waals surface area contributed by atoms with Gasteiger partial charge in [-0.15, -0.1) is 0 Å². The molecule has 0 saturated heterocycles. The van der Waals surface area contributed by atoms with Crippen molar-refractivity contribution in [2.45, 2.75) is 20.8 Å². The highest BCUT2D eigenvalue weighted by Gasteiger charge is 2.09. The molecule has 0 radical (unpaired) electrons. The zero-order chi connectivity index (χ0) is 13.0. The molecule has 4 nitrogen and oxygen atoms in total. The van der Waals surface area contributed by atoms with E-state index in [-0.39, 0.29) is 5.97 Å². The minimum Gasteiger partial charge on any atom is -0.465 e. The Bertz CT molecular complexity index is 529. The Kier molecular flexibility index (Phi) is 4.26. The number of aryl methyl sites for hydroxylation is 2. The molecule has 2 rings (SSSR count). The number of hydrogen-bond acceptors (Lipinski definition) is 3. The minimum atomic E-state index is -0.323. The lowest BCUT2D eigenvalue weighted by atomic mass is 10.1. The molecule has 1 aromatic carbocycles. The first-order valence-electron chi connectivity index (χ1n) is 5.65. The first-order chi connectivity index (χ1) is 8.13. The molecule has 0 fully saturated rings. The molecule has 0 N–H and O–H groups in total. The number of nitrogens with zero attached hydrogens (tertiary/aromatic N) is 2. The van der Waals surface area contributed by atoms with Crippen LogP contribution in [0, 0.1) is 6.92 Å². The van der Waals surface area contributed by atoms with Crippen molar-refractivity contribution >= 4 is 16.9 Å². The maximum absolute atomic E-state index is 11.3. The zero-order valence-corrected chi connectivity index (χ0v) is 10.9. The van der Waals surface area contributed by atoms with Gasteiger partial charge in [0.1, 0.15) is 0 Å². The fourth-order valence-corrected chi connectivity index (χ4v) is 1.68. The van der Waals surface area contributed by atoms with Crippen molar-refractivity contribution in [1.29, 1.82) is 0 Å². The number of carbonyl (C=O) groups is 1. The highest BCUT2D eigenvalue weighted by atomic mass is 16.5. The topological polar surface area (TPSA) is 44.1 Å².